The fourth-order valence-corrected chi connectivity index (χ4v) is 3.46. The Morgan fingerprint density at radius 2 is 1.79 bits per heavy atom. The number of amides is 1. The van der Waals surface area contributed by atoms with Gasteiger partial charge in [-0.1, -0.05) is 35.0 Å². The molecular weight excluding hydrogens is 390 g/mol. The van der Waals surface area contributed by atoms with Crippen molar-refractivity contribution in [2.24, 2.45) is 0 Å². The standard InChI is InChI=1S/C20H23N5O3S/c1-13-8-10-18(11-9-13)25-15(3)19(22-24-25)20(26)21-14(2)16-6-5-7-17(12-16)23-29(4,27)28/h5-12,14,23H,1-4H3,(H,21,26). The van der Waals surface area contributed by atoms with Gasteiger partial charge in [0.2, 0.25) is 10.0 Å². The molecule has 0 spiro atoms. The summed E-state index contributed by atoms with van der Waals surface area (Å²) < 4.78 is 26.9. The van der Waals surface area contributed by atoms with Gasteiger partial charge in [0.05, 0.1) is 23.7 Å². The van der Waals surface area contributed by atoms with Crippen LogP contribution < -0.4 is 10.0 Å². The molecule has 0 radical (unpaired) electrons. The number of hydrogen-bond acceptors (Lipinski definition) is 5. The lowest BCUT2D eigenvalue weighted by Gasteiger charge is -2.15. The molecule has 0 aliphatic heterocycles. The van der Waals surface area contributed by atoms with E-state index in [1.54, 1.807) is 29.8 Å². The molecule has 1 unspecified atom stereocenters. The number of nitrogens with one attached hydrogen (secondary N) is 2. The number of sulfonamides is 1. The summed E-state index contributed by atoms with van der Waals surface area (Å²) in [5.74, 6) is -0.352. The SMILES string of the molecule is Cc1ccc(-n2nnc(C(=O)NC(C)c3cccc(NS(C)(=O)=O)c3)c2C)cc1. The van der Waals surface area contributed by atoms with Crippen molar-refractivity contribution < 1.29 is 13.2 Å². The van der Waals surface area contributed by atoms with E-state index in [1.807, 2.05) is 44.2 Å². The van der Waals surface area contributed by atoms with Gasteiger partial charge in [-0.05, 0) is 50.6 Å². The summed E-state index contributed by atoms with van der Waals surface area (Å²) in [5.41, 5.74) is 4.02. The third-order valence-electron chi connectivity index (χ3n) is 4.43. The smallest absolute Gasteiger partial charge is 0.274 e. The van der Waals surface area contributed by atoms with Crippen LogP contribution in [0.1, 0.15) is 40.3 Å². The Balaban J connectivity index is 1.77. The van der Waals surface area contributed by atoms with Gasteiger partial charge in [0.25, 0.3) is 5.91 Å². The number of anilines is 1. The van der Waals surface area contributed by atoms with E-state index in [0.29, 0.717) is 11.4 Å². The van der Waals surface area contributed by atoms with E-state index in [-0.39, 0.29) is 17.6 Å². The Kier molecular flexibility index (Phi) is 5.69. The molecule has 0 aliphatic rings. The number of hydrogen-bond donors (Lipinski definition) is 2. The first-order valence-electron chi connectivity index (χ1n) is 9.02. The van der Waals surface area contributed by atoms with Gasteiger partial charge in [-0.25, -0.2) is 13.1 Å². The molecule has 0 saturated heterocycles. The zero-order valence-electron chi connectivity index (χ0n) is 16.7. The summed E-state index contributed by atoms with van der Waals surface area (Å²) in [5, 5.41) is 11.0. The highest BCUT2D eigenvalue weighted by Gasteiger charge is 2.19. The van der Waals surface area contributed by atoms with Crippen LogP contribution >= 0.6 is 0 Å². The summed E-state index contributed by atoms with van der Waals surface area (Å²) >= 11 is 0. The second-order valence-corrected chi connectivity index (χ2v) is 8.71. The maximum absolute atomic E-state index is 12.7. The van der Waals surface area contributed by atoms with E-state index >= 15 is 0 Å². The van der Waals surface area contributed by atoms with Crippen molar-refractivity contribution in [3.05, 3.63) is 71.0 Å². The van der Waals surface area contributed by atoms with Gasteiger partial charge >= 0.3 is 0 Å². The van der Waals surface area contributed by atoms with Crippen LogP contribution in [-0.4, -0.2) is 35.6 Å². The normalized spacial score (nSPS) is 12.4. The Morgan fingerprint density at radius 3 is 2.45 bits per heavy atom. The van der Waals surface area contributed by atoms with Crippen LogP contribution in [0.25, 0.3) is 5.69 Å². The van der Waals surface area contributed by atoms with Gasteiger partial charge in [-0.15, -0.1) is 5.10 Å². The summed E-state index contributed by atoms with van der Waals surface area (Å²) in [6.45, 7) is 5.60. The lowest BCUT2D eigenvalue weighted by atomic mass is 10.1. The van der Waals surface area contributed by atoms with Gasteiger partial charge < -0.3 is 5.32 Å². The van der Waals surface area contributed by atoms with Crippen molar-refractivity contribution >= 4 is 21.6 Å². The Morgan fingerprint density at radius 1 is 1.10 bits per heavy atom. The van der Waals surface area contributed by atoms with Gasteiger partial charge in [0.1, 0.15) is 0 Å². The Bertz CT molecular complexity index is 1140. The van der Waals surface area contributed by atoms with E-state index in [1.165, 1.54) is 0 Å². The van der Waals surface area contributed by atoms with Crippen molar-refractivity contribution in [3.63, 3.8) is 0 Å². The molecule has 1 heterocycles. The lowest BCUT2D eigenvalue weighted by Crippen LogP contribution is -2.27. The number of aryl methyl sites for hydroxylation is 1. The van der Waals surface area contributed by atoms with Gasteiger partial charge in [0, 0.05) is 5.69 Å². The van der Waals surface area contributed by atoms with E-state index < -0.39 is 10.0 Å². The highest BCUT2D eigenvalue weighted by atomic mass is 32.2. The monoisotopic (exact) mass is 413 g/mol. The summed E-state index contributed by atoms with van der Waals surface area (Å²) in [6, 6.07) is 14.3. The van der Waals surface area contributed by atoms with Crippen molar-refractivity contribution in [1.29, 1.82) is 0 Å². The number of carbonyl (C=O) groups excluding carboxylic acids is 1. The first-order chi connectivity index (χ1) is 13.6. The number of carbonyl (C=O) groups is 1. The predicted molar refractivity (Wildman–Crippen MR) is 112 cm³/mol. The second-order valence-electron chi connectivity index (χ2n) is 6.97. The predicted octanol–water partition coefficient (Wildman–Crippen LogP) is 2.75. The number of benzene rings is 2. The zero-order valence-corrected chi connectivity index (χ0v) is 17.5. The lowest BCUT2D eigenvalue weighted by molar-refractivity contribution is 0.0934. The fourth-order valence-electron chi connectivity index (χ4n) is 2.90. The first kappa shape index (κ1) is 20.5. The summed E-state index contributed by atoms with van der Waals surface area (Å²) in [7, 11) is -3.38. The van der Waals surface area contributed by atoms with E-state index in [9.17, 15) is 13.2 Å². The van der Waals surface area contributed by atoms with Gasteiger partial charge in [0.15, 0.2) is 5.69 Å². The van der Waals surface area contributed by atoms with E-state index in [2.05, 4.69) is 20.4 Å². The van der Waals surface area contributed by atoms with Crippen LogP contribution in [0.5, 0.6) is 0 Å². The number of rotatable bonds is 6. The molecule has 0 aliphatic carbocycles. The van der Waals surface area contributed by atoms with E-state index in [0.717, 1.165) is 23.1 Å². The molecule has 0 saturated carbocycles. The molecule has 2 N–H and O–H groups in total. The summed E-state index contributed by atoms with van der Waals surface area (Å²) in [4.78, 5) is 12.7. The fraction of sp³-hybridized carbons (Fsp3) is 0.250. The van der Waals surface area contributed by atoms with Crippen molar-refractivity contribution in [2.75, 3.05) is 11.0 Å². The molecule has 9 heteroatoms. The minimum Gasteiger partial charge on any atom is -0.344 e. The van der Waals surface area contributed by atoms with E-state index in [4.69, 9.17) is 0 Å². The quantitative estimate of drug-likeness (QED) is 0.646. The number of aromatic nitrogens is 3. The third-order valence-corrected chi connectivity index (χ3v) is 5.03. The van der Waals surface area contributed by atoms with Crippen LogP contribution in [0.3, 0.4) is 0 Å². The molecule has 29 heavy (non-hydrogen) atoms. The molecule has 1 aromatic heterocycles. The highest BCUT2D eigenvalue weighted by molar-refractivity contribution is 7.92. The first-order valence-corrected chi connectivity index (χ1v) is 10.9. The topological polar surface area (TPSA) is 106 Å². The van der Waals surface area contributed by atoms with Crippen molar-refractivity contribution in [1.82, 2.24) is 20.3 Å². The van der Waals surface area contributed by atoms with Crippen LogP contribution in [0.15, 0.2) is 48.5 Å². The van der Waals surface area contributed by atoms with Crippen LogP contribution in [-0.2, 0) is 10.0 Å². The minimum atomic E-state index is -3.38. The molecule has 0 bridgehead atoms. The molecular formula is C20H23N5O3S. The average Bonchev–Trinajstić information content (AvgIpc) is 3.02. The highest BCUT2D eigenvalue weighted by Crippen LogP contribution is 2.19. The van der Waals surface area contributed by atoms with Crippen LogP contribution in [0, 0.1) is 13.8 Å². The molecule has 0 fully saturated rings. The largest absolute Gasteiger partial charge is 0.344 e. The molecule has 1 atom stereocenters. The van der Waals surface area contributed by atoms with Crippen LogP contribution in [0.4, 0.5) is 5.69 Å². The van der Waals surface area contributed by atoms with Crippen molar-refractivity contribution in [2.45, 2.75) is 26.8 Å². The van der Waals surface area contributed by atoms with Crippen molar-refractivity contribution in [3.8, 4) is 5.69 Å². The van der Waals surface area contributed by atoms with Gasteiger partial charge in [-0.3, -0.25) is 9.52 Å². The molecule has 1 amide bonds. The zero-order chi connectivity index (χ0) is 21.2. The Labute approximate surface area is 170 Å². The van der Waals surface area contributed by atoms with Crippen LogP contribution in [0.2, 0.25) is 0 Å². The minimum absolute atomic E-state index is 0.239. The second kappa shape index (κ2) is 8.04. The number of nitrogens with zero attached hydrogens (tertiary/aromatic N) is 3. The molecule has 2 aromatic carbocycles. The third kappa shape index (κ3) is 5.00. The maximum Gasteiger partial charge on any atom is 0.274 e. The average molecular weight is 414 g/mol. The molecule has 8 nitrogen and oxygen atoms in total. The molecule has 3 rings (SSSR count). The maximum atomic E-state index is 12.7. The Hall–Kier alpha value is -3.20. The summed E-state index contributed by atoms with van der Waals surface area (Å²) in [6.07, 6.45) is 1.09. The molecule has 3 aromatic rings. The molecule has 152 valence electrons. The van der Waals surface area contributed by atoms with Gasteiger partial charge in [-0.2, -0.15) is 0 Å².